The highest BCUT2D eigenvalue weighted by molar-refractivity contribution is 9.10. The highest BCUT2D eigenvalue weighted by Gasteiger charge is 2.01. The van der Waals surface area contributed by atoms with Gasteiger partial charge < -0.3 is 5.32 Å². The molecule has 1 N–H and O–H groups in total. The number of rotatable bonds is 3. The Labute approximate surface area is 118 Å². The smallest absolute Gasteiger partial charge is 0.0494 e. The molecule has 0 aliphatic carbocycles. The molecule has 2 heterocycles. The first-order chi connectivity index (χ1) is 8.83. The van der Waals surface area contributed by atoms with E-state index < -0.39 is 0 Å². The van der Waals surface area contributed by atoms with E-state index in [1.165, 1.54) is 10.3 Å². The zero-order valence-corrected chi connectivity index (χ0v) is 12.0. The summed E-state index contributed by atoms with van der Waals surface area (Å²) in [5.41, 5.74) is 1.15. The van der Waals surface area contributed by atoms with Crippen LogP contribution in [0.2, 0.25) is 0 Å². The van der Waals surface area contributed by atoms with Gasteiger partial charge in [-0.3, -0.25) is 4.98 Å². The van der Waals surface area contributed by atoms with E-state index in [0.717, 1.165) is 22.1 Å². The number of aromatic nitrogens is 1. The first kappa shape index (κ1) is 11.7. The highest BCUT2D eigenvalue weighted by atomic mass is 79.9. The van der Waals surface area contributed by atoms with Crippen LogP contribution in [-0.2, 0) is 6.54 Å². The third-order valence-electron chi connectivity index (χ3n) is 2.76. The predicted octanol–water partition coefficient (Wildman–Crippen LogP) is 4.67. The minimum atomic E-state index is 0.845. The largest absolute Gasteiger partial charge is 0.380 e. The lowest BCUT2D eigenvalue weighted by Gasteiger charge is -2.08. The number of hydrogen-bond donors (Lipinski definition) is 1. The molecule has 4 heteroatoms. The maximum atomic E-state index is 4.14. The minimum absolute atomic E-state index is 0.845. The van der Waals surface area contributed by atoms with Gasteiger partial charge in [0.1, 0.15) is 0 Å². The second kappa shape index (κ2) is 5.08. The van der Waals surface area contributed by atoms with Gasteiger partial charge in [0.25, 0.3) is 0 Å². The number of benzene rings is 1. The van der Waals surface area contributed by atoms with Crippen molar-refractivity contribution in [2.24, 2.45) is 0 Å². The van der Waals surface area contributed by atoms with Gasteiger partial charge in [0.2, 0.25) is 0 Å². The molecule has 0 radical (unpaired) electrons. The molecule has 0 amide bonds. The van der Waals surface area contributed by atoms with Crippen molar-refractivity contribution in [1.82, 2.24) is 4.98 Å². The van der Waals surface area contributed by atoms with Gasteiger partial charge in [0.15, 0.2) is 0 Å². The van der Waals surface area contributed by atoms with Crippen LogP contribution in [0.15, 0.2) is 52.6 Å². The van der Waals surface area contributed by atoms with Gasteiger partial charge in [0.05, 0.1) is 0 Å². The van der Waals surface area contributed by atoms with Crippen molar-refractivity contribution < 1.29 is 0 Å². The zero-order valence-electron chi connectivity index (χ0n) is 9.56. The third-order valence-corrected chi connectivity index (χ3v) is 4.45. The molecule has 1 aromatic carbocycles. The molecule has 0 fully saturated rings. The van der Waals surface area contributed by atoms with Crippen LogP contribution in [0.3, 0.4) is 0 Å². The van der Waals surface area contributed by atoms with Crippen molar-refractivity contribution in [3.8, 4) is 0 Å². The normalized spacial score (nSPS) is 10.7. The summed E-state index contributed by atoms with van der Waals surface area (Å²) >= 11 is 5.22. The lowest BCUT2D eigenvalue weighted by molar-refractivity contribution is 1.20. The fraction of sp³-hybridized carbons (Fsp3) is 0.0714. The van der Waals surface area contributed by atoms with E-state index in [1.807, 2.05) is 18.5 Å². The minimum Gasteiger partial charge on any atom is -0.380 e. The Balaban J connectivity index is 1.86. The van der Waals surface area contributed by atoms with Gasteiger partial charge >= 0.3 is 0 Å². The van der Waals surface area contributed by atoms with Crippen LogP contribution in [0.1, 0.15) is 4.88 Å². The molecule has 0 unspecified atom stereocenters. The van der Waals surface area contributed by atoms with Gasteiger partial charge in [-0.05, 0) is 34.1 Å². The molecular weight excluding hydrogens is 308 g/mol. The average Bonchev–Trinajstić information content (AvgIpc) is 2.82. The Morgan fingerprint density at radius 2 is 2.22 bits per heavy atom. The highest BCUT2D eigenvalue weighted by Crippen LogP contribution is 2.24. The summed E-state index contributed by atoms with van der Waals surface area (Å²) in [4.78, 5) is 5.46. The van der Waals surface area contributed by atoms with Crippen LogP contribution in [0.4, 0.5) is 5.69 Å². The fourth-order valence-corrected chi connectivity index (χ4v) is 3.30. The summed E-state index contributed by atoms with van der Waals surface area (Å²) in [5, 5.41) is 7.95. The Hall–Kier alpha value is -1.39. The molecule has 3 rings (SSSR count). The summed E-state index contributed by atoms with van der Waals surface area (Å²) in [5.74, 6) is 0. The Bertz CT molecular complexity index is 673. The van der Waals surface area contributed by atoms with Gasteiger partial charge in [-0.1, -0.05) is 12.1 Å². The van der Waals surface area contributed by atoms with Gasteiger partial charge in [0, 0.05) is 50.1 Å². The first-order valence-electron chi connectivity index (χ1n) is 5.62. The number of anilines is 1. The molecule has 2 aromatic heterocycles. The molecule has 0 saturated heterocycles. The summed E-state index contributed by atoms with van der Waals surface area (Å²) < 4.78 is 1.14. The third kappa shape index (κ3) is 2.40. The maximum absolute atomic E-state index is 4.14. The Morgan fingerprint density at radius 1 is 1.28 bits per heavy atom. The topological polar surface area (TPSA) is 24.9 Å². The van der Waals surface area contributed by atoms with Crippen molar-refractivity contribution in [3.05, 3.63) is 57.5 Å². The molecule has 3 aromatic rings. The van der Waals surface area contributed by atoms with E-state index in [9.17, 15) is 0 Å². The number of halogens is 1. The summed E-state index contributed by atoms with van der Waals surface area (Å²) in [6.07, 6.45) is 3.72. The Morgan fingerprint density at radius 3 is 3.06 bits per heavy atom. The van der Waals surface area contributed by atoms with Crippen molar-refractivity contribution in [2.75, 3.05) is 5.32 Å². The number of nitrogens with one attached hydrogen (secondary N) is 1. The van der Waals surface area contributed by atoms with E-state index in [0.29, 0.717) is 0 Å². The number of hydrogen-bond acceptors (Lipinski definition) is 3. The van der Waals surface area contributed by atoms with Crippen molar-refractivity contribution in [3.63, 3.8) is 0 Å². The van der Waals surface area contributed by atoms with Crippen molar-refractivity contribution in [2.45, 2.75) is 6.54 Å². The standard InChI is InChI=1S/C14H11BrN2S/c15-11-6-12(18-9-11)8-17-14-3-1-2-10-7-16-5-4-13(10)14/h1-7,9,17H,8H2. The molecule has 90 valence electrons. The molecule has 2 nitrogen and oxygen atoms in total. The number of fused-ring (bicyclic) bond motifs is 1. The van der Waals surface area contributed by atoms with Crippen LogP contribution in [-0.4, -0.2) is 4.98 Å². The van der Waals surface area contributed by atoms with Gasteiger partial charge in [-0.15, -0.1) is 11.3 Å². The van der Waals surface area contributed by atoms with E-state index in [2.05, 4.69) is 55.9 Å². The van der Waals surface area contributed by atoms with Crippen molar-refractivity contribution >= 4 is 43.7 Å². The number of nitrogens with zero attached hydrogens (tertiary/aromatic N) is 1. The van der Waals surface area contributed by atoms with Crippen LogP contribution in [0, 0.1) is 0 Å². The van der Waals surface area contributed by atoms with Crippen LogP contribution in [0.25, 0.3) is 10.8 Å². The molecule has 18 heavy (non-hydrogen) atoms. The summed E-state index contributed by atoms with van der Waals surface area (Å²) in [6.45, 7) is 0.845. The predicted molar refractivity (Wildman–Crippen MR) is 81.1 cm³/mol. The second-order valence-electron chi connectivity index (χ2n) is 3.99. The van der Waals surface area contributed by atoms with E-state index >= 15 is 0 Å². The molecule has 0 saturated carbocycles. The quantitative estimate of drug-likeness (QED) is 0.759. The van der Waals surface area contributed by atoms with Gasteiger partial charge in [-0.25, -0.2) is 0 Å². The average molecular weight is 319 g/mol. The maximum Gasteiger partial charge on any atom is 0.0494 e. The molecule has 0 aliphatic heterocycles. The molecule has 0 spiro atoms. The molecular formula is C14H11BrN2S. The second-order valence-corrected chi connectivity index (χ2v) is 5.90. The van der Waals surface area contributed by atoms with Crippen LogP contribution in [0.5, 0.6) is 0 Å². The van der Waals surface area contributed by atoms with Crippen molar-refractivity contribution in [1.29, 1.82) is 0 Å². The summed E-state index contributed by atoms with van der Waals surface area (Å²) in [7, 11) is 0. The van der Waals surface area contributed by atoms with E-state index in [1.54, 1.807) is 11.3 Å². The monoisotopic (exact) mass is 318 g/mol. The molecule has 0 aliphatic rings. The van der Waals surface area contributed by atoms with E-state index in [-0.39, 0.29) is 0 Å². The SMILES string of the molecule is Brc1csc(CNc2cccc3cnccc23)c1. The lowest BCUT2D eigenvalue weighted by atomic mass is 10.1. The lowest BCUT2D eigenvalue weighted by Crippen LogP contribution is -1.97. The van der Waals surface area contributed by atoms with E-state index in [4.69, 9.17) is 0 Å². The molecule has 0 atom stereocenters. The number of thiophene rings is 1. The number of pyridine rings is 1. The Kier molecular flexibility index (Phi) is 3.30. The summed E-state index contributed by atoms with van der Waals surface area (Å²) in [6, 6.07) is 10.4. The van der Waals surface area contributed by atoms with Crippen LogP contribution < -0.4 is 5.32 Å². The fourth-order valence-electron chi connectivity index (χ4n) is 1.91. The van der Waals surface area contributed by atoms with Crippen LogP contribution >= 0.6 is 27.3 Å². The zero-order chi connectivity index (χ0) is 12.4. The van der Waals surface area contributed by atoms with Gasteiger partial charge in [-0.2, -0.15) is 0 Å². The molecule has 0 bridgehead atoms. The first-order valence-corrected chi connectivity index (χ1v) is 7.30.